The van der Waals surface area contributed by atoms with Gasteiger partial charge in [0.25, 0.3) is 0 Å². The van der Waals surface area contributed by atoms with Crippen molar-refractivity contribution < 1.29 is 9.90 Å². The van der Waals surface area contributed by atoms with Gasteiger partial charge < -0.3 is 10.8 Å². The Morgan fingerprint density at radius 2 is 2.33 bits per heavy atom. The molecule has 3 N–H and O–H groups in total. The summed E-state index contributed by atoms with van der Waals surface area (Å²) < 4.78 is 2.35. The van der Waals surface area contributed by atoms with E-state index in [2.05, 4.69) is 20.9 Å². The third-order valence-electron chi connectivity index (χ3n) is 2.10. The summed E-state index contributed by atoms with van der Waals surface area (Å²) in [4.78, 5) is 14.9. The van der Waals surface area contributed by atoms with Gasteiger partial charge in [-0.2, -0.15) is 0 Å². The van der Waals surface area contributed by atoms with E-state index in [4.69, 9.17) is 10.8 Å². The summed E-state index contributed by atoms with van der Waals surface area (Å²) in [5, 5.41) is 8.85. The predicted octanol–water partition coefficient (Wildman–Crippen LogP) is 1.18. The number of halogens is 1. The molecule has 6 heteroatoms. The number of imidazole rings is 1. The lowest BCUT2D eigenvalue weighted by atomic mass is 10.2. The fourth-order valence-corrected chi connectivity index (χ4v) is 1.88. The van der Waals surface area contributed by atoms with Gasteiger partial charge in [-0.3, -0.25) is 9.20 Å². The number of pyridine rings is 1. The van der Waals surface area contributed by atoms with E-state index in [1.165, 1.54) is 0 Å². The third-order valence-corrected chi connectivity index (χ3v) is 2.66. The normalized spacial score (nSPS) is 12.9. The van der Waals surface area contributed by atoms with E-state index in [0.717, 1.165) is 0 Å². The van der Waals surface area contributed by atoms with E-state index < -0.39 is 12.0 Å². The molecule has 15 heavy (non-hydrogen) atoms. The average molecular weight is 270 g/mol. The highest BCUT2D eigenvalue weighted by atomic mass is 79.9. The van der Waals surface area contributed by atoms with Crippen molar-refractivity contribution >= 4 is 27.5 Å². The highest BCUT2D eigenvalue weighted by Crippen LogP contribution is 2.19. The zero-order valence-electron chi connectivity index (χ0n) is 7.59. The molecule has 0 saturated heterocycles. The second-order valence-electron chi connectivity index (χ2n) is 3.04. The van der Waals surface area contributed by atoms with Crippen molar-refractivity contribution in [3.63, 3.8) is 0 Å². The van der Waals surface area contributed by atoms with Crippen LogP contribution in [-0.4, -0.2) is 20.5 Å². The van der Waals surface area contributed by atoms with Crippen LogP contribution in [0.4, 0.5) is 0 Å². The summed E-state index contributed by atoms with van der Waals surface area (Å²) in [7, 11) is 0. The summed E-state index contributed by atoms with van der Waals surface area (Å²) >= 11 is 3.29. The molecule has 0 aliphatic heterocycles. The van der Waals surface area contributed by atoms with Crippen LogP contribution in [0.3, 0.4) is 0 Å². The van der Waals surface area contributed by atoms with E-state index in [9.17, 15) is 4.79 Å². The first-order valence-electron chi connectivity index (χ1n) is 4.21. The monoisotopic (exact) mass is 269 g/mol. The summed E-state index contributed by atoms with van der Waals surface area (Å²) in [6, 6.07) is 4.12. The van der Waals surface area contributed by atoms with E-state index in [1.807, 2.05) is 0 Å². The van der Waals surface area contributed by atoms with Gasteiger partial charge in [0, 0.05) is 0 Å². The molecule has 0 aromatic carbocycles. The second kappa shape index (κ2) is 3.63. The van der Waals surface area contributed by atoms with Crippen LogP contribution in [0.15, 0.2) is 29.0 Å². The van der Waals surface area contributed by atoms with Crippen LogP contribution in [0.25, 0.3) is 5.65 Å². The van der Waals surface area contributed by atoms with Crippen LogP contribution < -0.4 is 5.73 Å². The molecule has 0 radical (unpaired) electrons. The van der Waals surface area contributed by atoms with Crippen LogP contribution in [0.2, 0.25) is 0 Å². The first-order valence-corrected chi connectivity index (χ1v) is 5.01. The molecule has 2 aromatic rings. The van der Waals surface area contributed by atoms with Crippen molar-refractivity contribution in [2.24, 2.45) is 5.73 Å². The Labute approximate surface area is 93.7 Å². The van der Waals surface area contributed by atoms with Gasteiger partial charge in [0.15, 0.2) is 0 Å². The predicted molar refractivity (Wildman–Crippen MR) is 57.5 cm³/mol. The van der Waals surface area contributed by atoms with Crippen molar-refractivity contribution in [3.8, 4) is 0 Å². The lowest BCUT2D eigenvalue weighted by molar-refractivity contribution is -0.138. The molecule has 0 aliphatic rings. The Morgan fingerprint density at radius 1 is 1.60 bits per heavy atom. The lowest BCUT2D eigenvalue weighted by Gasteiger charge is -2.10. The zero-order chi connectivity index (χ0) is 11.0. The zero-order valence-corrected chi connectivity index (χ0v) is 9.18. The van der Waals surface area contributed by atoms with E-state index >= 15 is 0 Å². The summed E-state index contributed by atoms with van der Waals surface area (Å²) in [5.74, 6) is -1.07. The van der Waals surface area contributed by atoms with Gasteiger partial charge >= 0.3 is 5.97 Å². The standard InChI is InChI=1S/C9H8BrN3O2/c10-6-4-12-7-3-1-2-5(13(6)7)8(11)9(14)15/h1-4,8H,11H2,(H,14,15). The number of fused-ring (bicyclic) bond motifs is 1. The van der Waals surface area contributed by atoms with E-state index in [-0.39, 0.29) is 0 Å². The number of nitrogens with zero attached hydrogens (tertiary/aromatic N) is 2. The molecular weight excluding hydrogens is 262 g/mol. The quantitative estimate of drug-likeness (QED) is 0.858. The molecule has 0 amide bonds. The number of rotatable bonds is 2. The summed E-state index contributed by atoms with van der Waals surface area (Å²) in [6.45, 7) is 0. The maximum atomic E-state index is 10.8. The van der Waals surface area contributed by atoms with Crippen molar-refractivity contribution in [2.75, 3.05) is 0 Å². The molecule has 0 fully saturated rings. The van der Waals surface area contributed by atoms with E-state index in [1.54, 1.807) is 28.8 Å². The molecule has 0 bridgehead atoms. The van der Waals surface area contributed by atoms with Crippen LogP contribution in [0.1, 0.15) is 11.7 Å². The Hall–Kier alpha value is -1.40. The molecule has 2 heterocycles. The van der Waals surface area contributed by atoms with Crippen molar-refractivity contribution in [1.82, 2.24) is 9.38 Å². The van der Waals surface area contributed by atoms with E-state index in [0.29, 0.717) is 15.9 Å². The second-order valence-corrected chi connectivity index (χ2v) is 3.85. The summed E-state index contributed by atoms with van der Waals surface area (Å²) in [5.41, 5.74) is 6.72. The Morgan fingerprint density at radius 3 is 3.00 bits per heavy atom. The van der Waals surface area contributed by atoms with Gasteiger partial charge in [-0.05, 0) is 28.1 Å². The van der Waals surface area contributed by atoms with Crippen LogP contribution >= 0.6 is 15.9 Å². The minimum Gasteiger partial charge on any atom is -0.480 e. The highest BCUT2D eigenvalue weighted by molar-refractivity contribution is 9.10. The van der Waals surface area contributed by atoms with Gasteiger partial charge in [-0.15, -0.1) is 0 Å². The minimum atomic E-state index is -1.07. The number of aliphatic carboxylic acids is 1. The Kier molecular flexibility index (Phi) is 2.45. The molecule has 2 rings (SSSR count). The van der Waals surface area contributed by atoms with Crippen molar-refractivity contribution in [3.05, 3.63) is 34.7 Å². The molecule has 0 saturated carbocycles. The molecule has 5 nitrogen and oxygen atoms in total. The third kappa shape index (κ3) is 1.62. The summed E-state index contributed by atoms with van der Waals surface area (Å²) in [6.07, 6.45) is 1.60. The topological polar surface area (TPSA) is 80.6 Å². The number of hydrogen-bond acceptors (Lipinski definition) is 3. The smallest absolute Gasteiger partial charge is 0.326 e. The van der Waals surface area contributed by atoms with Crippen molar-refractivity contribution in [1.29, 1.82) is 0 Å². The van der Waals surface area contributed by atoms with Crippen LogP contribution in [0.5, 0.6) is 0 Å². The first-order chi connectivity index (χ1) is 7.11. The highest BCUT2D eigenvalue weighted by Gasteiger charge is 2.18. The molecule has 1 atom stereocenters. The molecule has 2 aromatic heterocycles. The fraction of sp³-hybridized carbons (Fsp3) is 0.111. The number of nitrogens with two attached hydrogens (primary N) is 1. The minimum absolute atomic E-state index is 0.490. The average Bonchev–Trinajstić information content (AvgIpc) is 2.59. The van der Waals surface area contributed by atoms with Gasteiger partial charge in [0.05, 0.1) is 11.9 Å². The van der Waals surface area contributed by atoms with Crippen LogP contribution in [-0.2, 0) is 4.79 Å². The number of carboxylic acid groups (broad SMARTS) is 1. The van der Waals surface area contributed by atoms with Crippen molar-refractivity contribution in [2.45, 2.75) is 6.04 Å². The van der Waals surface area contributed by atoms with Gasteiger partial charge in [-0.1, -0.05) is 6.07 Å². The SMILES string of the molecule is NC(C(=O)O)c1cccc2ncc(Br)n12. The molecular formula is C9H8BrN3O2. The first kappa shape index (κ1) is 10.1. The largest absolute Gasteiger partial charge is 0.480 e. The Balaban J connectivity index is 2.69. The maximum Gasteiger partial charge on any atom is 0.326 e. The number of carbonyl (C=O) groups is 1. The lowest BCUT2D eigenvalue weighted by Crippen LogP contribution is -2.23. The molecule has 0 spiro atoms. The number of aromatic nitrogens is 2. The maximum absolute atomic E-state index is 10.8. The fourth-order valence-electron chi connectivity index (χ4n) is 1.39. The van der Waals surface area contributed by atoms with Crippen LogP contribution in [0, 0.1) is 0 Å². The van der Waals surface area contributed by atoms with Gasteiger partial charge in [0.2, 0.25) is 0 Å². The van der Waals surface area contributed by atoms with Gasteiger partial charge in [-0.25, -0.2) is 4.98 Å². The number of carboxylic acids is 1. The Bertz CT molecular complexity index is 523. The molecule has 0 aliphatic carbocycles. The van der Waals surface area contributed by atoms with Gasteiger partial charge in [0.1, 0.15) is 16.3 Å². The number of hydrogen-bond donors (Lipinski definition) is 2. The molecule has 78 valence electrons. The molecule has 1 unspecified atom stereocenters.